The van der Waals surface area contributed by atoms with Crippen LogP contribution in [0, 0.1) is 5.41 Å². The first-order valence-corrected chi connectivity index (χ1v) is 28.7. The van der Waals surface area contributed by atoms with Gasteiger partial charge in [0.1, 0.15) is 60.4 Å². The van der Waals surface area contributed by atoms with Crippen LogP contribution in [0.5, 0.6) is 0 Å². The molecule has 1 aromatic heterocycles. The number of hydrogen-bond acceptors (Lipinski definition) is 16. The van der Waals surface area contributed by atoms with E-state index in [4.69, 9.17) is 22.6 Å². The van der Waals surface area contributed by atoms with Crippen LogP contribution in [0.15, 0.2) is 60.8 Å². The van der Waals surface area contributed by atoms with Gasteiger partial charge in [-0.2, -0.15) is 12.6 Å². The zero-order valence-corrected chi connectivity index (χ0v) is 48.6. The molecule has 0 radical (unpaired) electrons. The van der Waals surface area contributed by atoms with Gasteiger partial charge in [-0.05, 0) is 76.0 Å². The third-order valence-electron chi connectivity index (χ3n) is 14.5. The number of H-pyrrole nitrogens is 1. The predicted molar refractivity (Wildman–Crippen MR) is 314 cm³/mol. The fraction of sp³-hybridized carbons (Fsp3) is 0.509. The summed E-state index contributed by atoms with van der Waals surface area (Å²) in [7, 11) is 0. The van der Waals surface area contributed by atoms with Gasteiger partial charge in [-0.3, -0.25) is 58.1 Å². The van der Waals surface area contributed by atoms with Crippen molar-refractivity contribution in [2.45, 2.75) is 138 Å². The molecule has 0 aliphatic carbocycles. The number of fused-ring (bicyclic) bond motifs is 1. The summed E-state index contributed by atoms with van der Waals surface area (Å²) in [5.74, 6) is -10.7. The summed E-state index contributed by atoms with van der Waals surface area (Å²) < 4.78 is 0. The Bertz CT molecular complexity index is 2950. The number of carboxylic acid groups (broad SMARTS) is 1. The number of nitrogens with one attached hydrogen (secondary N) is 11. The van der Waals surface area contributed by atoms with Crippen molar-refractivity contribution in [3.8, 4) is 0 Å². The van der Waals surface area contributed by atoms with E-state index in [1.54, 1.807) is 42.6 Å². The Morgan fingerprint density at radius 1 is 0.651 bits per heavy atom. The molecule has 2 fully saturated rings. The van der Waals surface area contributed by atoms with E-state index in [2.05, 4.69) is 65.5 Å². The van der Waals surface area contributed by atoms with Crippen LogP contribution in [0.1, 0.15) is 76.3 Å². The molecule has 86 heavy (non-hydrogen) atoms. The molecule has 0 saturated carbocycles. The second-order valence-electron chi connectivity index (χ2n) is 20.9. The number of guanidine groups is 1. The number of para-hydroxylation sites is 1. The summed E-state index contributed by atoms with van der Waals surface area (Å²) in [6.45, 7) is 1.53. The Labute approximate surface area is 500 Å². The number of aromatic nitrogens is 1. The molecule has 19 N–H and O–H groups in total. The van der Waals surface area contributed by atoms with Crippen molar-refractivity contribution in [1.29, 1.82) is 5.41 Å². The van der Waals surface area contributed by atoms with E-state index in [0.717, 1.165) is 10.9 Å². The molecule has 0 bridgehead atoms. The molecule has 10 atom stereocenters. The van der Waals surface area contributed by atoms with E-state index >= 15 is 0 Å². The average Bonchev–Trinajstić information content (AvgIpc) is 2.53. The number of aliphatic hydroxyl groups excluding tert-OH is 1. The third kappa shape index (κ3) is 19.6. The molecule has 2 aliphatic rings. The minimum Gasteiger partial charge on any atom is -0.480 e. The van der Waals surface area contributed by atoms with Crippen LogP contribution in [-0.4, -0.2) is 201 Å². The van der Waals surface area contributed by atoms with Crippen molar-refractivity contribution in [3.63, 3.8) is 0 Å². The highest BCUT2D eigenvalue weighted by molar-refractivity contribution is 7.80. The number of amides is 11. The van der Waals surface area contributed by atoms with Gasteiger partial charge in [0.15, 0.2) is 5.96 Å². The van der Waals surface area contributed by atoms with Crippen molar-refractivity contribution in [2.24, 2.45) is 17.2 Å². The average molecular weight is 1220 g/mol. The zero-order valence-electron chi connectivity index (χ0n) is 47.7. The van der Waals surface area contributed by atoms with Gasteiger partial charge in [0.05, 0.1) is 13.2 Å². The lowest BCUT2D eigenvalue weighted by Crippen LogP contribution is -2.60. The van der Waals surface area contributed by atoms with Crippen molar-refractivity contribution >= 4 is 100 Å². The number of aliphatic hydroxyl groups is 1. The number of carboxylic acids is 1. The number of primary amides is 1. The number of nitrogens with zero attached hydrogens (tertiary/aromatic N) is 2. The van der Waals surface area contributed by atoms with Crippen LogP contribution in [0.3, 0.4) is 0 Å². The topological polar surface area (TPSA) is 478 Å². The molecule has 31 heteroatoms. The largest absolute Gasteiger partial charge is 0.480 e. The van der Waals surface area contributed by atoms with Gasteiger partial charge in [-0.15, -0.1) is 0 Å². The summed E-state index contributed by atoms with van der Waals surface area (Å²) in [6, 6.07) is 2.33. The fourth-order valence-electron chi connectivity index (χ4n) is 9.92. The first-order valence-electron chi connectivity index (χ1n) is 28.1. The molecule has 2 saturated heterocycles. The van der Waals surface area contributed by atoms with E-state index in [0.29, 0.717) is 24.0 Å². The maximum absolute atomic E-state index is 14.8. The Hall–Kier alpha value is -8.84. The standard InChI is InChI=1S/C55H78N16O14S/c1-29(46(76)69-40(28-86)49(79)65-36(54(84)85)15-8-20-60-55(58)59)62-47(77)37(23-31-11-4-3-5-12-31)66-48(78)39(27-72)68-45(75)30(2)63-50(80)41-16-9-22-71(41)53(83)38(24-32-26-61-34-14-7-6-13-33(32)34)67-51(81)42-17-10-21-70(42)52(82)35(18-19-43(57)73)64-44(74)25-56/h3-7,11-14,26,29-30,35-42,61,72,86H,8-10,15-25,27-28,56H2,1-2H3,(H2,57,73)(H,62,77)(H,63,80)(H,64,74)(H,65,79)(H,66,78)(H,67,81)(H,68,75)(H,69,76)(H,84,85)(H4,58,59,60)/t29-,30-,35-,36-,37-,38-,39-,40-,41-,42-/m0/s1. The number of thiol groups is 1. The number of carbonyl (C=O) groups is 12. The van der Waals surface area contributed by atoms with Crippen molar-refractivity contribution in [2.75, 3.05) is 38.5 Å². The summed E-state index contributed by atoms with van der Waals surface area (Å²) in [6.07, 6.45) is 2.36. The number of benzene rings is 2. The summed E-state index contributed by atoms with van der Waals surface area (Å²) in [4.78, 5) is 167. The highest BCUT2D eigenvalue weighted by Crippen LogP contribution is 2.25. The van der Waals surface area contributed by atoms with Crippen molar-refractivity contribution in [3.05, 3.63) is 71.9 Å². The van der Waals surface area contributed by atoms with Crippen LogP contribution >= 0.6 is 12.6 Å². The second-order valence-corrected chi connectivity index (χ2v) is 21.3. The lowest BCUT2D eigenvalue weighted by Gasteiger charge is -2.32. The molecule has 3 aromatic rings. The Morgan fingerprint density at radius 3 is 1.79 bits per heavy atom. The van der Waals surface area contributed by atoms with Gasteiger partial charge >= 0.3 is 5.97 Å². The number of aliphatic carboxylic acids is 1. The van der Waals surface area contributed by atoms with Crippen LogP contribution in [-0.2, 0) is 70.4 Å². The van der Waals surface area contributed by atoms with E-state index in [1.165, 1.54) is 23.6 Å². The van der Waals surface area contributed by atoms with Gasteiger partial charge in [0, 0.05) is 61.7 Å². The Balaban J connectivity index is 1.24. The lowest BCUT2D eigenvalue weighted by atomic mass is 10.0. The monoisotopic (exact) mass is 1220 g/mol. The summed E-state index contributed by atoms with van der Waals surface area (Å²) >= 11 is 4.13. The molecular weight excluding hydrogens is 1140 g/mol. The fourth-order valence-corrected chi connectivity index (χ4v) is 10.2. The van der Waals surface area contributed by atoms with E-state index in [-0.39, 0.29) is 82.7 Å². The highest BCUT2D eigenvalue weighted by Gasteiger charge is 2.43. The Morgan fingerprint density at radius 2 is 1.20 bits per heavy atom. The number of nitrogens with two attached hydrogens (primary N) is 3. The van der Waals surface area contributed by atoms with E-state index in [1.807, 2.05) is 18.2 Å². The number of likely N-dealkylation sites (tertiary alicyclic amines) is 2. The van der Waals surface area contributed by atoms with Crippen LogP contribution in [0.4, 0.5) is 0 Å². The first-order chi connectivity index (χ1) is 41.0. The quantitative estimate of drug-likeness (QED) is 0.0121. The predicted octanol–water partition coefficient (Wildman–Crippen LogP) is -4.65. The molecule has 3 heterocycles. The maximum atomic E-state index is 14.8. The molecule has 2 aromatic carbocycles. The van der Waals surface area contributed by atoms with Gasteiger partial charge in [0.25, 0.3) is 0 Å². The molecular formula is C55H78N16O14S. The number of carbonyl (C=O) groups excluding carboxylic acids is 11. The summed E-state index contributed by atoms with van der Waals surface area (Å²) in [5, 5.41) is 50.6. The molecule has 30 nitrogen and oxygen atoms in total. The van der Waals surface area contributed by atoms with Crippen LogP contribution < -0.4 is 65.1 Å². The lowest BCUT2D eigenvalue weighted by molar-refractivity contribution is -0.144. The summed E-state index contributed by atoms with van der Waals surface area (Å²) in [5.41, 5.74) is 18.0. The number of aromatic amines is 1. The van der Waals surface area contributed by atoms with Gasteiger partial charge in [-0.1, -0.05) is 48.5 Å². The molecule has 5 rings (SSSR count). The molecule has 2 aliphatic heterocycles. The van der Waals surface area contributed by atoms with E-state index in [9.17, 15) is 67.7 Å². The van der Waals surface area contributed by atoms with Gasteiger partial charge in [0.2, 0.25) is 65.0 Å². The van der Waals surface area contributed by atoms with Crippen molar-refractivity contribution in [1.82, 2.24) is 62.6 Å². The van der Waals surface area contributed by atoms with Crippen LogP contribution in [0.25, 0.3) is 10.9 Å². The molecule has 468 valence electrons. The maximum Gasteiger partial charge on any atom is 0.326 e. The van der Waals surface area contributed by atoms with Crippen molar-refractivity contribution < 1.29 is 67.7 Å². The third-order valence-corrected chi connectivity index (χ3v) is 14.9. The van der Waals surface area contributed by atoms with Gasteiger partial charge in [-0.25, -0.2) is 4.79 Å². The second kappa shape index (κ2) is 33.0. The van der Waals surface area contributed by atoms with Crippen LogP contribution in [0.2, 0.25) is 0 Å². The zero-order chi connectivity index (χ0) is 63.2. The SMILES string of the molecule is C[C@H](NC(=O)[C@H](Cc1ccccc1)NC(=O)[C@H](CO)NC(=O)[C@H](C)NC(=O)[C@@H]1CCCN1C(=O)[C@H](Cc1c[nH]c2ccccc12)NC(=O)[C@@H]1CCCN1C(=O)[C@H](CCC(N)=O)NC(=O)CN)C(=O)N[C@@H](CS)C(=O)N[C@@H](CCCNC(=N)N)C(=O)O. The molecule has 11 amide bonds. The molecule has 0 unspecified atom stereocenters. The number of hydrogen-bond donors (Lipinski definition) is 17. The highest BCUT2D eigenvalue weighted by atomic mass is 32.1. The van der Waals surface area contributed by atoms with E-state index < -0.39 is 145 Å². The number of rotatable bonds is 32. The molecule has 0 spiro atoms. The first kappa shape index (κ1) is 67.9. The normalized spacial score (nSPS) is 17.4. The van der Waals surface area contributed by atoms with Gasteiger partial charge < -0.3 is 90.0 Å². The smallest absolute Gasteiger partial charge is 0.326 e. The minimum atomic E-state index is -1.70. The Kier molecular flexibility index (Phi) is 26.1. The minimum absolute atomic E-state index is 0.0442.